The number of aliphatic carboxylic acids is 1. The molecule has 0 aliphatic carbocycles. The topological polar surface area (TPSA) is 69.6 Å². The highest BCUT2D eigenvalue weighted by Crippen LogP contribution is 2.27. The van der Waals surface area contributed by atoms with Gasteiger partial charge in [-0.3, -0.25) is 9.59 Å². The van der Waals surface area contributed by atoms with Crippen molar-refractivity contribution in [2.75, 3.05) is 26.7 Å². The highest BCUT2D eigenvalue weighted by atomic mass is 16.4. The molecule has 1 fully saturated rings. The molecule has 1 saturated heterocycles. The Morgan fingerprint density at radius 3 is 2.65 bits per heavy atom. The standard InChI is InChI=1S/C12H22N2O3/c1-12(6-7-14(2)9-12)8-13-10(15)4-3-5-11(16)17/h3-9H2,1-2H3,(H,13,15)(H,16,17). The van der Waals surface area contributed by atoms with E-state index in [-0.39, 0.29) is 17.7 Å². The van der Waals surface area contributed by atoms with Crippen LogP contribution in [0.1, 0.15) is 32.6 Å². The van der Waals surface area contributed by atoms with Crippen LogP contribution < -0.4 is 5.32 Å². The van der Waals surface area contributed by atoms with E-state index in [4.69, 9.17) is 5.11 Å². The summed E-state index contributed by atoms with van der Waals surface area (Å²) in [5, 5.41) is 11.4. The molecule has 98 valence electrons. The third-order valence-corrected chi connectivity index (χ3v) is 3.26. The van der Waals surface area contributed by atoms with Crippen LogP contribution in [0.15, 0.2) is 0 Å². The highest BCUT2D eigenvalue weighted by molar-refractivity contribution is 5.76. The average molecular weight is 242 g/mol. The van der Waals surface area contributed by atoms with E-state index in [1.54, 1.807) is 0 Å². The molecular formula is C12H22N2O3. The minimum atomic E-state index is -0.845. The second-order valence-corrected chi connectivity index (χ2v) is 5.32. The zero-order valence-electron chi connectivity index (χ0n) is 10.7. The number of carbonyl (C=O) groups excluding carboxylic acids is 1. The Balaban J connectivity index is 2.17. The van der Waals surface area contributed by atoms with Gasteiger partial charge in [0.2, 0.25) is 5.91 Å². The summed E-state index contributed by atoms with van der Waals surface area (Å²) in [5.41, 5.74) is 0.164. The van der Waals surface area contributed by atoms with Gasteiger partial charge in [0.15, 0.2) is 0 Å². The fourth-order valence-electron chi connectivity index (χ4n) is 2.22. The van der Waals surface area contributed by atoms with Crippen LogP contribution in [-0.2, 0) is 9.59 Å². The number of likely N-dealkylation sites (tertiary alicyclic amines) is 1. The molecule has 5 nitrogen and oxygen atoms in total. The Bertz CT molecular complexity index is 293. The van der Waals surface area contributed by atoms with Crippen LogP contribution >= 0.6 is 0 Å². The zero-order valence-corrected chi connectivity index (χ0v) is 10.7. The molecule has 1 heterocycles. The van der Waals surface area contributed by atoms with Gasteiger partial charge in [0.25, 0.3) is 0 Å². The maximum Gasteiger partial charge on any atom is 0.303 e. The molecular weight excluding hydrogens is 220 g/mol. The Kier molecular flexibility index (Phi) is 4.93. The van der Waals surface area contributed by atoms with E-state index in [2.05, 4.69) is 24.2 Å². The van der Waals surface area contributed by atoms with Crippen LogP contribution in [0.2, 0.25) is 0 Å². The van der Waals surface area contributed by atoms with Gasteiger partial charge in [0.1, 0.15) is 0 Å². The quantitative estimate of drug-likeness (QED) is 0.719. The SMILES string of the molecule is CN1CCC(C)(CNC(=O)CCCC(=O)O)C1. The van der Waals surface area contributed by atoms with Crippen LogP contribution in [0, 0.1) is 5.41 Å². The summed E-state index contributed by atoms with van der Waals surface area (Å²) in [7, 11) is 2.08. The molecule has 17 heavy (non-hydrogen) atoms. The monoisotopic (exact) mass is 242 g/mol. The first-order valence-corrected chi connectivity index (χ1v) is 6.08. The van der Waals surface area contributed by atoms with Gasteiger partial charge < -0.3 is 15.3 Å². The Morgan fingerprint density at radius 1 is 1.41 bits per heavy atom. The molecule has 1 rings (SSSR count). The van der Waals surface area contributed by atoms with Gasteiger partial charge >= 0.3 is 5.97 Å². The van der Waals surface area contributed by atoms with Gasteiger partial charge in [-0.05, 0) is 31.8 Å². The number of carboxylic acids is 1. The maximum absolute atomic E-state index is 11.5. The van der Waals surface area contributed by atoms with E-state index in [0.29, 0.717) is 19.4 Å². The fourth-order valence-corrected chi connectivity index (χ4v) is 2.22. The molecule has 1 atom stereocenters. The minimum Gasteiger partial charge on any atom is -0.481 e. The number of amides is 1. The molecule has 2 N–H and O–H groups in total. The molecule has 0 radical (unpaired) electrons. The van der Waals surface area contributed by atoms with Crippen molar-refractivity contribution in [1.29, 1.82) is 0 Å². The van der Waals surface area contributed by atoms with Crippen molar-refractivity contribution in [3.63, 3.8) is 0 Å². The van der Waals surface area contributed by atoms with Gasteiger partial charge in [0.05, 0.1) is 0 Å². The van der Waals surface area contributed by atoms with Crippen LogP contribution in [0.5, 0.6) is 0 Å². The Labute approximate surface area is 102 Å². The second kappa shape index (κ2) is 6.00. The van der Waals surface area contributed by atoms with E-state index >= 15 is 0 Å². The van der Waals surface area contributed by atoms with Gasteiger partial charge in [-0.2, -0.15) is 0 Å². The first-order valence-electron chi connectivity index (χ1n) is 6.08. The molecule has 0 saturated carbocycles. The van der Waals surface area contributed by atoms with Crippen LogP contribution in [0.25, 0.3) is 0 Å². The van der Waals surface area contributed by atoms with Gasteiger partial charge in [-0.1, -0.05) is 6.92 Å². The molecule has 1 amide bonds. The van der Waals surface area contributed by atoms with Crippen LogP contribution in [0.4, 0.5) is 0 Å². The summed E-state index contributed by atoms with van der Waals surface area (Å²) >= 11 is 0. The van der Waals surface area contributed by atoms with E-state index in [0.717, 1.165) is 19.5 Å². The summed E-state index contributed by atoms with van der Waals surface area (Å²) in [4.78, 5) is 24.0. The minimum absolute atomic E-state index is 0.0398. The predicted molar refractivity (Wildman–Crippen MR) is 64.7 cm³/mol. The van der Waals surface area contributed by atoms with Crippen molar-refractivity contribution in [3.05, 3.63) is 0 Å². The molecule has 1 unspecified atom stereocenters. The molecule has 0 aromatic rings. The molecule has 0 bridgehead atoms. The lowest BCUT2D eigenvalue weighted by Gasteiger charge is -2.24. The number of nitrogens with zero attached hydrogens (tertiary/aromatic N) is 1. The summed E-state index contributed by atoms with van der Waals surface area (Å²) in [5.74, 6) is -0.885. The number of hydrogen-bond acceptors (Lipinski definition) is 3. The molecule has 0 spiro atoms. The van der Waals surface area contributed by atoms with E-state index in [1.165, 1.54) is 0 Å². The summed E-state index contributed by atoms with van der Waals surface area (Å²) in [6.45, 7) is 4.94. The maximum atomic E-state index is 11.5. The number of carbonyl (C=O) groups is 2. The number of rotatable bonds is 6. The molecule has 5 heteroatoms. The van der Waals surface area contributed by atoms with Crippen molar-refractivity contribution < 1.29 is 14.7 Å². The van der Waals surface area contributed by atoms with Gasteiger partial charge in [0, 0.05) is 25.9 Å². The number of carboxylic acid groups (broad SMARTS) is 1. The van der Waals surface area contributed by atoms with Crippen LogP contribution in [0.3, 0.4) is 0 Å². The van der Waals surface area contributed by atoms with Crippen molar-refractivity contribution in [3.8, 4) is 0 Å². The van der Waals surface area contributed by atoms with Crippen LogP contribution in [-0.4, -0.2) is 48.6 Å². The molecule has 1 aliphatic heterocycles. The average Bonchev–Trinajstić information content (AvgIpc) is 2.56. The van der Waals surface area contributed by atoms with Gasteiger partial charge in [-0.15, -0.1) is 0 Å². The number of nitrogens with one attached hydrogen (secondary N) is 1. The lowest BCUT2D eigenvalue weighted by molar-refractivity contribution is -0.137. The van der Waals surface area contributed by atoms with E-state index in [9.17, 15) is 9.59 Å². The smallest absolute Gasteiger partial charge is 0.303 e. The third kappa shape index (κ3) is 5.17. The highest BCUT2D eigenvalue weighted by Gasteiger charge is 2.31. The van der Waals surface area contributed by atoms with Crippen molar-refractivity contribution in [2.45, 2.75) is 32.6 Å². The fraction of sp³-hybridized carbons (Fsp3) is 0.833. The van der Waals surface area contributed by atoms with Crippen molar-refractivity contribution >= 4 is 11.9 Å². The van der Waals surface area contributed by atoms with Crippen molar-refractivity contribution in [1.82, 2.24) is 10.2 Å². The molecule has 0 aromatic carbocycles. The lowest BCUT2D eigenvalue weighted by Crippen LogP contribution is -2.37. The Morgan fingerprint density at radius 2 is 2.12 bits per heavy atom. The summed E-state index contributed by atoms with van der Waals surface area (Å²) in [6.07, 6.45) is 1.88. The van der Waals surface area contributed by atoms with Crippen molar-refractivity contribution in [2.24, 2.45) is 5.41 Å². The predicted octanol–water partition coefficient (Wildman–Crippen LogP) is 0.699. The Hall–Kier alpha value is -1.10. The van der Waals surface area contributed by atoms with E-state index < -0.39 is 5.97 Å². The summed E-state index contributed by atoms with van der Waals surface area (Å²) in [6, 6.07) is 0. The summed E-state index contributed by atoms with van der Waals surface area (Å²) < 4.78 is 0. The zero-order chi connectivity index (χ0) is 12.9. The first-order chi connectivity index (χ1) is 7.91. The second-order valence-electron chi connectivity index (χ2n) is 5.32. The van der Waals surface area contributed by atoms with Gasteiger partial charge in [-0.25, -0.2) is 0 Å². The molecule has 1 aliphatic rings. The normalized spacial score (nSPS) is 24.8. The lowest BCUT2D eigenvalue weighted by atomic mass is 9.90. The van der Waals surface area contributed by atoms with E-state index in [1.807, 2.05) is 0 Å². The first kappa shape index (κ1) is 14.0. The third-order valence-electron chi connectivity index (χ3n) is 3.26. The largest absolute Gasteiger partial charge is 0.481 e. The number of hydrogen-bond donors (Lipinski definition) is 2. The molecule has 0 aromatic heterocycles.